The number of hydrogen-bond acceptors (Lipinski definition) is 4. The van der Waals surface area contributed by atoms with Crippen molar-refractivity contribution in [1.29, 1.82) is 0 Å². The van der Waals surface area contributed by atoms with Crippen LogP contribution in [0.25, 0.3) is 0 Å². The second kappa shape index (κ2) is 5.78. The highest BCUT2D eigenvalue weighted by atomic mass is 32.1. The first-order valence-electron chi connectivity index (χ1n) is 6.20. The van der Waals surface area contributed by atoms with Crippen LogP contribution in [-0.2, 0) is 10.9 Å². The molecule has 1 aliphatic rings. The molecule has 2 atom stereocenters. The molecule has 1 aromatic rings. The fourth-order valence-electron chi connectivity index (χ4n) is 2.26. The molecule has 2 rings (SSSR count). The number of halogens is 3. The van der Waals surface area contributed by atoms with E-state index in [9.17, 15) is 13.2 Å². The van der Waals surface area contributed by atoms with Crippen molar-refractivity contribution in [1.82, 2.24) is 5.43 Å². The van der Waals surface area contributed by atoms with E-state index in [1.807, 2.05) is 6.92 Å². The summed E-state index contributed by atoms with van der Waals surface area (Å²) in [6, 6.07) is -0.615. The molecule has 0 radical (unpaired) electrons. The number of hydrazine groups is 1. The molecule has 3 nitrogen and oxygen atoms in total. The molecule has 19 heavy (non-hydrogen) atoms. The SMILES string of the molecule is CCOC(C1CC1)C(NN)c1cscc1C(F)(F)F. The van der Waals surface area contributed by atoms with E-state index in [1.165, 1.54) is 5.38 Å². The fourth-order valence-corrected chi connectivity index (χ4v) is 3.16. The molecule has 3 N–H and O–H groups in total. The number of nitrogens with one attached hydrogen (secondary N) is 1. The highest BCUT2D eigenvalue weighted by Crippen LogP contribution is 2.43. The van der Waals surface area contributed by atoms with E-state index in [1.54, 1.807) is 0 Å². The number of thiophene rings is 1. The van der Waals surface area contributed by atoms with Crippen LogP contribution in [0, 0.1) is 5.92 Å². The van der Waals surface area contributed by atoms with Gasteiger partial charge in [0.2, 0.25) is 0 Å². The Morgan fingerprint density at radius 1 is 1.47 bits per heavy atom. The molecule has 1 saturated carbocycles. The molecule has 0 aromatic carbocycles. The third kappa shape index (κ3) is 3.28. The van der Waals surface area contributed by atoms with Crippen LogP contribution in [-0.4, -0.2) is 12.7 Å². The molecule has 1 heterocycles. The molecule has 1 fully saturated rings. The lowest BCUT2D eigenvalue weighted by Crippen LogP contribution is -2.40. The van der Waals surface area contributed by atoms with Crippen molar-refractivity contribution in [3.05, 3.63) is 21.9 Å². The van der Waals surface area contributed by atoms with Gasteiger partial charge in [-0.3, -0.25) is 11.3 Å². The average Bonchev–Trinajstić information content (AvgIpc) is 3.05. The number of nitrogens with two attached hydrogens (primary N) is 1. The zero-order valence-electron chi connectivity index (χ0n) is 10.5. The van der Waals surface area contributed by atoms with Gasteiger partial charge in [0.05, 0.1) is 17.7 Å². The van der Waals surface area contributed by atoms with Gasteiger partial charge >= 0.3 is 6.18 Å². The molecule has 0 bridgehead atoms. The van der Waals surface area contributed by atoms with Gasteiger partial charge in [0.1, 0.15) is 0 Å². The Hall–Kier alpha value is -0.630. The zero-order chi connectivity index (χ0) is 14.0. The monoisotopic (exact) mass is 294 g/mol. The van der Waals surface area contributed by atoms with E-state index in [-0.39, 0.29) is 11.7 Å². The number of alkyl halides is 3. The Balaban J connectivity index is 2.28. The quantitative estimate of drug-likeness (QED) is 0.626. The van der Waals surface area contributed by atoms with Gasteiger partial charge in [-0.25, -0.2) is 0 Å². The highest BCUT2D eigenvalue weighted by molar-refractivity contribution is 7.08. The van der Waals surface area contributed by atoms with Crippen LogP contribution in [0.2, 0.25) is 0 Å². The minimum absolute atomic E-state index is 0.186. The van der Waals surface area contributed by atoms with Gasteiger partial charge in [0.25, 0.3) is 0 Å². The predicted molar refractivity (Wildman–Crippen MR) is 67.5 cm³/mol. The molecule has 108 valence electrons. The van der Waals surface area contributed by atoms with Gasteiger partial charge in [-0.2, -0.15) is 24.5 Å². The smallest absolute Gasteiger partial charge is 0.376 e. The topological polar surface area (TPSA) is 47.3 Å². The Morgan fingerprint density at radius 3 is 2.63 bits per heavy atom. The van der Waals surface area contributed by atoms with E-state index in [0.29, 0.717) is 12.5 Å². The van der Waals surface area contributed by atoms with Crippen molar-refractivity contribution in [2.45, 2.75) is 38.1 Å². The molecule has 7 heteroatoms. The summed E-state index contributed by atoms with van der Waals surface area (Å²) in [6.45, 7) is 2.30. The lowest BCUT2D eigenvalue weighted by atomic mass is 9.97. The van der Waals surface area contributed by atoms with Gasteiger partial charge in [-0.1, -0.05) is 0 Å². The molecule has 1 aliphatic carbocycles. The normalized spacial score (nSPS) is 19.4. The molecular weight excluding hydrogens is 277 g/mol. The molecule has 0 saturated heterocycles. The van der Waals surface area contributed by atoms with Gasteiger partial charge in [-0.05, 0) is 36.6 Å². The van der Waals surface area contributed by atoms with E-state index < -0.39 is 17.8 Å². The van der Waals surface area contributed by atoms with E-state index in [2.05, 4.69) is 5.43 Å². The van der Waals surface area contributed by atoms with Crippen LogP contribution in [0.5, 0.6) is 0 Å². The second-order valence-electron chi connectivity index (χ2n) is 4.64. The molecule has 0 amide bonds. The van der Waals surface area contributed by atoms with Crippen molar-refractivity contribution in [2.24, 2.45) is 11.8 Å². The van der Waals surface area contributed by atoms with Gasteiger partial charge in [0.15, 0.2) is 0 Å². The highest BCUT2D eigenvalue weighted by Gasteiger charge is 2.42. The van der Waals surface area contributed by atoms with Crippen molar-refractivity contribution in [3.8, 4) is 0 Å². The van der Waals surface area contributed by atoms with Crippen molar-refractivity contribution >= 4 is 11.3 Å². The lowest BCUT2D eigenvalue weighted by molar-refractivity contribution is -0.138. The third-order valence-corrected chi connectivity index (χ3v) is 4.05. The summed E-state index contributed by atoms with van der Waals surface area (Å²) in [7, 11) is 0. The van der Waals surface area contributed by atoms with E-state index in [4.69, 9.17) is 10.6 Å². The van der Waals surface area contributed by atoms with Crippen LogP contribution >= 0.6 is 11.3 Å². The minimum atomic E-state index is -4.36. The Bertz CT molecular complexity index is 417. The van der Waals surface area contributed by atoms with Gasteiger partial charge < -0.3 is 4.74 Å². The Labute approximate surface area is 113 Å². The Morgan fingerprint density at radius 2 is 2.16 bits per heavy atom. The van der Waals surface area contributed by atoms with Crippen LogP contribution in [0.1, 0.15) is 36.9 Å². The van der Waals surface area contributed by atoms with Crippen LogP contribution in [0.15, 0.2) is 10.8 Å². The lowest BCUT2D eigenvalue weighted by Gasteiger charge is -2.27. The molecular formula is C12H17F3N2OS. The minimum Gasteiger partial charge on any atom is -0.376 e. The second-order valence-corrected chi connectivity index (χ2v) is 5.38. The third-order valence-electron chi connectivity index (χ3n) is 3.29. The summed E-state index contributed by atoms with van der Waals surface area (Å²) >= 11 is 1.03. The summed E-state index contributed by atoms with van der Waals surface area (Å²) in [5.74, 6) is 5.77. The largest absolute Gasteiger partial charge is 0.417 e. The average molecular weight is 294 g/mol. The van der Waals surface area contributed by atoms with Crippen LogP contribution in [0.3, 0.4) is 0 Å². The first-order valence-corrected chi connectivity index (χ1v) is 7.14. The molecule has 0 aliphatic heterocycles. The van der Waals surface area contributed by atoms with Crippen molar-refractivity contribution < 1.29 is 17.9 Å². The summed E-state index contributed by atoms with van der Waals surface area (Å²) in [5, 5.41) is 2.62. The van der Waals surface area contributed by atoms with Crippen LogP contribution in [0.4, 0.5) is 13.2 Å². The summed E-state index contributed by atoms with van der Waals surface area (Å²) in [6.07, 6.45) is -2.70. The van der Waals surface area contributed by atoms with E-state index >= 15 is 0 Å². The van der Waals surface area contributed by atoms with Gasteiger partial charge in [-0.15, -0.1) is 0 Å². The predicted octanol–water partition coefficient (Wildman–Crippen LogP) is 3.09. The summed E-state index contributed by atoms with van der Waals surface area (Å²) in [5.41, 5.74) is 2.07. The number of ether oxygens (including phenoxy) is 1. The zero-order valence-corrected chi connectivity index (χ0v) is 11.4. The maximum Gasteiger partial charge on any atom is 0.417 e. The summed E-state index contributed by atoms with van der Waals surface area (Å²) in [4.78, 5) is 0. The standard InChI is InChI=1S/C12H17F3N2OS/c1-2-18-11(7-3-4-7)10(17-16)8-5-19-6-9(8)12(13,14)15/h5-7,10-11,17H,2-4,16H2,1H3. The molecule has 1 aromatic heterocycles. The maximum atomic E-state index is 12.9. The number of rotatable bonds is 6. The first kappa shape index (κ1) is 14.8. The van der Waals surface area contributed by atoms with Crippen molar-refractivity contribution in [3.63, 3.8) is 0 Å². The summed E-state index contributed by atoms with van der Waals surface area (Å²) < 4.78 is 44.4. The molecule has 0 spiro atoms. The van der Waals surface area contributed by atoms with Crippen molar-refractivity contribution in [2.75, 3.05) is 6.61 Å². The number of hydrogen-bond donors (Lipinski definition) is 2. The van der Waals surface area contributed by atoms with Crippen LogP contribution < -0.4 is 11.3 Å². The van der Waals surface area contributed by atoms with E-state index in [0.717, 1.165) is 29.6 Å². The molecule has 2 unspecified atom stereocenters. The maximum absolute atomic E-state index is 12.9. The van der Waals surface area contributed by atoms with Gasteiger partial charge in [0, 0.05) is 12.0 Å². The fraction of sp³-hybridized carbons (Fsp3) is 0.667. The first-order chi connectivity index (χ1) is 8.99. The Kier molecular flexibility index (Phi) is 4.50.